The van der Waals surface area contributed by atoms with E-state index in [4.69, 9.17) is 16.7 Å². The van der Waals surface area contributed by atoms with E-state index in [0.29, 0.717) is 0 Å². The maximum absolute atomic E-state index is 13.0. The summed E-state index contributed by atoms with van der Waals surface area (Å²) in [5, 5.41) is 11.6. The third kappa shape index (κ3) is 3.40. The third-order valence-electron chi connectivity index (χ3n) is 2.65. The minimum absolute atomic E-state index is 0.0125. The summed E-state index contributed by atoms with van der Waals surface area (Å²) in [6.45, 7) is 0. The summed E-state index contributed by atoms with van der Waals surface area (Å²) in [5.41, 5.74) is 0.0368. The third-order valence-corrected chi connectivity index (χ3v) is 3.62. The topological polar surface area (TPSA) is 66.4 Å². The summed E-state index contributed by atoms with van der Waals surface area (Å²) in [6, 6.07) is 7.92. The van der Waals surface area contributed by atoms with Gasteiger partial charge in [0, 0.05) is 4.47 Å². The highest BCUT2D eigenvalue weighted by molar-refractivity contribution is 9.10. The molecule has 2 rings (SSSR count). The first-order chi connectivity index (χ1) is 9.90. The Balaban J connectivity index is 2.36. The van der Waals surface area contributed by atoms with E-state index < -0.39 is 17.7 Å². The predicted molar refractivity (Wildman–Crippen MR) is 80.5 cm³/mol. The fraction of sp³-hybridized carbons (Fsp3) is 0. The number of nitrogens with one attached hydrogen (secondary N) is 1. The Kier molecular flexibility index (Phi) is 4.59. The Bertz CT molecular complexity index is 736. The smallest absolute Gasteiger partial charge is 0.339 e. The lowest BCUT2D eigenvalue weighted by molar-refractivity contribution is 0.0698. The molecular weight excluding hydrogens is 365 g/mol. The predicted octanol–water partition coefficient (Wildman–Crippen LogP) is 4.19. The fourth-order valence-electron chi connectivity index (χ4n) is 1.71. The van der Waals surface area contributed by atoms with Crippen LogP contribution in [0.4, 0.5) is 10.1 Å². The minimum atomic E-state index is -1.26. The van der Waals surface area contributed by atoms with Crippen LogP contribution in [0.25, 0.3) is 0 Å². The molecule has 2 aromatic rings. The number of hydrogen-bond acceptors (Lipinski definition) is 2. The van der Waals surface area contributed by atoms with Gasteiger partial charge in [-0.05, 0) is 46.3 Å². The van der Waals surface area contributed by atoms with Crippen LogP contribution in [0.5, 0.6) is 0 Å². The summed E-state index contributed by atoms with van der Waals surface area (Å²) in [5.74, 6) is -2.33. The van der Waals surface area contributed by atoms with E-state index in [-0.39, 0.29) is 26.3 Å². The zero-order chi connectivity index (χ0) is 15.6. The molecule has 1 amide bonds. The van der Waals surface area contributed by atoms with Crippen LogP contribution in [-0.4, -0.2) is 17.0 Å². The molecule has 0 bridgehead atoms. The molecule has 0 unspecified atom stereocenters. The molecule has 4 nitrogen and oxygen atoms in total. The number of anilines is 1. The molecule has 0 saturated carbocycles. The summed E-state index contributed by atoms with van der Waals surface area (Å²) in [4.78, 5) is 23.3. The van der Waals surface area contributed by atoms with Crippen molar-refractivity contribution in [2.75, 3.05) is 5.32 Å². The number of amides is 1. The van der Waals surface area contributed by atoms with Gasteiger partial charge < -0.3 is 10.4 Å². The first kappa shape index (κ1) is 15.5. The second-order valence-electron chi connectivity index (χ2n) is 4.05. The standard InChI is InChI=1S/C14H8BrClFNO3/c15-9-6-7(17)4-5-8(9)13(19)18-11-3-1-2-10(16)12(11)14(20)21/h1-6H,(H,18,19)(H,20,21). The molecule has 2 aromatic carbocycles. The van der Waals surface area contributed by atoms with Gasteiger partial charge >= 0.3 is 5.97 Å². The van der Waals surface area contributed by atoms with Crippen molar-refractivity contribution in [1.82, 2.24) is 0 Å². The molecule has 0 aliphatic rings. The molecule has 7 heteroatoms. The highest BCUT2D eigenvalue weighted by Gasteiger charge is 2.18. The maximum atomic E-state index is 13.0. The Morgan fingerprint density at radius 1 is 1.24 bits per heavy atom. The second-order valence-corrected chi connectivity index (χ2v) is 5.31. The van der Waals surface area contributed by atoms with Crippen molar-refractivity contribution in [3.8, 4) is 0 Å². The van der Waals surface area contributed by atoms with Gasteiger partial charge in [-0.3, -0.25) is 4.79 Å². The van der Waals surface area contributed by atoms with Gasteiger partial charge in [0.1, 0.15) is 11.4 Å². The number of carboxylic acid groups (broad SMARTS) is 1. The molecule has 0 aliphatic heterocycles. The van der Waals surface area contributed by atoms with Crippen molar-refractivity contribution >= 4 is 45.1 Å². The van der Waals surface area contributed by atoms with Crippen LogP contribution in [0, 0.1) is 5.82 Å². The van der Waals surface area contributed by atoms with Crippen molar-refractivity contribution in [3.63, 3.8) is 0 Å². The van der Waals surface area contributed by atoms with Gasteiger partial charge in [-0.2, -0.15) is 0 Å². The fourth-order valence-corrected chi connectivity index (χ4v) is 2.50. The van der Waals surface area contributed by atoms with Gasteiger partial charge in [0.2, 0.25) is 0 Å². The summed E-state index contributed by atoms with van der Waals surface area (Å²) in [6.07, 6.45) is 0. The average Bonchev–Trinajstić information content (AvgIpc) is 2.37. The first-order valence-corrected chi connectivity index (χ1v) is 6.85. The average molecular weight is 373 g/mol. The van der Waals surface area contributed by atoms with E-state index in [1.165, 1.54) is 24.3 Å². The monoisotopic (exact) mass is 371 g/mol. The lowest BCUT2D eigenvalue weighted by Gasteiger charge is -2.10. The molecular formula is C14H8BrClFNO3. The second kappa shape index (κ2) is 6.24. The van der Waals surface area contributed by atoms with Crippen LogP contribution in [0.1, 0.15) is 20.7 Å². The largest absolute Gasteiger partial charge is 0.478 e. The van der Waals surface area contributed by atoms with Gasteiger partial charge in [-0.15, -0.1) is 0 Å². The Hall–Kier alpha value is -1.92. The molecule has 108 valence electrons. The summed E-state index contributed by atoms with van der Waals surface area (Å²) < 4.78 is 13.3. The van der Waals surface area contributed by atoms with Crippen molar-refractivity contribution < 1.29 is 19.1 Å². The number of carbonyl (C=O) groups is 2. The van der Waals surface area contributed by atoms with Crippen LogP contribution in [0.2, 0.25) is 5.02 Å². The molecule has 0 saturated heterocycles. The van der Waals surface area contributed by atoms with Crippen LogP contribution in [-0.2, 0) is 0 Å². The highest BCUT2D eigenvalue weighted by atomic mass is 79.9. The normalized spacial score (nSPS) is 10.2. The SMILES string of the molecule is O=C(Nc1cccc(Cl)c1C(=O)O)c1ccc(F)cc1Br. The molecule has 0 aromatic heterocycles. The van der Waals surface area contributed by atoms with Gasteiger partial charge in [0.25, 0.3) is 5.91 Å². The van der Waals surface area contributed by atoms with Gasteiger partial charge in [-0.25, -0.2) is 9.18 Å². The van der Waals surface area contributed by atoms with Crippen LogP contribution in [0.3, 0.4) is 0 Å². The Morgan fingerprint density at radius 2 is 1.95 bits per heavy atom. The van der Waals surface area contributed by atoms with Gasteiger partial charge in [0.05, 0.1) is 16.3 Å². The van der Waals surface area contributed by atoms with Crippen molar-refractivity contribution in [3.05, 3.63) is 62.8 Å². The van der Waals surface area contributed by atoms with Crippen molar-refractivity contribution in [1.29, 1.82) is 0 Å². The number of hydrogen-bond donors (Lipinski definition) is 2. The van der Waals surface area contributed by atoms with E-state index in [2.05, 4.69) is 21.2 Å². The number of halogens is 3. The number of benzene rings is 2. The number of carboxylic acids is 1. The first-order valence-electron chi connectivity index (χ1n) is 5.68. The minimum Gasteiger partial charge on any atom is -0.478 e. The quantitative estimate of drug-likeness (QED) is 0.849. The highest BCUT2D eigenvalue weighted by Crippen LogP contribution is 2.26. The van der Waals surface area contributed by atoms with Crippen molar-refractivity contribution in [2.45, 2.75) is 0 Å². The molecule has 0 heterocycles. The Morgan fingerprint density at radius 3 is 2.57 bits per heavy atom. The number of carbonyl (C=O) groups excluding carboxylic acids is 1. The molecule has 2 N–H and O–H groups in total. The number of aromatic carboxylic acids is 1. The summed E-state index contributed by atoms with van der Waals surface area (Å²) >= 11 is 8.89. The summed E-state index contributed by atoms with van der Waals surface area (Å²) in [7, 11) is 0. The lowest BCUT2D eigenvalue weighted by atomic mass is 10.1. The van der Waals surface area contributed by atoms with Crippen LogP contribution in [0.15, 0.2) is 40.9 Å². The molecule has 21 heavy (non-hydrogen) atoms. The lowest BCUT2D eigenvalue weighted by Crippen LogP contribution is -2.15. The molecule has 0 aliphatic carbocycles. The van der Waals surface area contributed by atoms with Crippen LogP contribution < -0.4 is 5.32 Å². The Labute approximate surface area is 132 Å². The van der Waals surface area contributed by atoms with Gasteiger partial charge in [-0.1, -0.05) is 17.7 Å². The molecule has 0 fully saturated rings. The zero-order valence-corrected chi connectivity index (χ0v) is 12.7. The maximum Gasteiger partial charge on any atom is 0.339 e. The van der Waals surface area contributed by atoms with Crippen LogP contribution >= 0.6 is 27.5 Å². The van der Waals surface area contributed by atoms with E-state index in [9.17, 15) is 14.0 Å². The van der Waals surface area contributed by atoms with E-state index >= 15 is 0 Å². The van der Waals surface area contributed by atoms with E-state index in [1.807, 2.05) is 0 Å². The van der Waals surface area contributed by atoms with Gasteiger partial charge in [0.15, 0.2) is 0 Å². The van der Waals surface area contributed by atoms with E-state index in [1.54, 1.807) is 0 Å². The molecule has 0 atom stereocenters. The van der Waals surface area contributed by atoms with E-state index in [0.717, 1.165) is 12.1 Å². The number of rotatable bonds is 3. The molecule has 0 spiro atoms. The molecule has 0 radical (unpaired) electrons. The van der Waals surface area contributed by atoms with Crippen molar-refractivity contribution in [2.24, 2.45) is 0 Å². The zero-order valence-electron chi connectivity index (χ0n) is 10.4.